The van der Waals surface area contributed by atoms with E-state index in [1.54, 1.807) is 0 Å². The van der Waals surface area contributed by atoms with E-state index in [1.165, 1.54) is 18.4 Å². The average molecular weight is 259 g/mol. The van der Waals surface area contributed by atoms with Crippen LogP contribution in [0.25, 0.3) is 0 Å². The number of ether oxygens (including phenoxy) is 1. The predicted molar refractivity (Wildman–Crippen MR) is 80.6 cm³/mol. The van der Waals surface area contributed by atoms with E-state index in [9.17, 15) is 0 Å². The van der Waals surface area contributed by atoms with Gasteiger partial charge in [-0.3, -0.25) is 0 Å². The molecule has 19 heavy (non-hydrogen) atoms. The molecule has 0 saturated heterocycles. The first kappa shape index (κ1) is 14.1. The molecule has 1 aliphatic carbocycles. The first-order valence-corrected chi connectivity index (χ1v) is 7.43. The number of rotatable bonds is 6. The Morgan fingerprint density at radius 2 is 2.05 bits per heavy atom. The Balaban J connectivity index is 1.87. The fourth-order valence-electron chi connectivity index (χ4n) is 2.47. The smallest absolute Gasteiger partial charge is 0.119 e. The summed E-state index contributed by atoms with van der Waals surface area (Å²) in [5.41, 5.74) is 1.33. The van der Waals surface area contributed by atoms with Crippen LogP contribution in [0.1, 0.15) is 51.1 Å². The lowest BCUT2D eigenvalue weighted by molar-refractivity contribution is 0.317. The van der Waals surface area contributed by atoms with Crippen LogP contribution in [-0.2, 0) is 0 Å². The summed E-state index contributed by atoms with van der Waals surface area (Å²) >= 11 is 0. The molecule has 0 amide bonds. The van der Waals surface area contributed by atoms with Crippen LogP contribution in [0.3, 0.4) is 0 Å². The topological polar surface area (TPSA) is 21.3 Å². The third kappa shape index (κ3) is 4.39. The highest BCUT2D eigenvalue weighted by molar-refractivity contribution is 5.29. The van der Waals surface area contributed by atoms with E-state index in [4.69, 9.17) is 4.74 Å². The summed E-state index contributed by atoms with van der Waals surface area (Å²) in [6, 6.07) is 9.50. The molecule has 1 aliphatic rings. The molecule has 0 spiro atoms. The van der Waals surface area contributed by atoms with Gasteiger partial charge in [0.15, 0.2) is 0 Å². The minimum Gasteiger partial charge on any atom is -0.494 e. The van der Waals surface area contributed by atoms with E-state index in [0.29, 0.717) is 12.1 Å². The van der Waals surface area contributed by atoms with Gasteiger partial charge in [0.25, 0.3) is 0 Å². The van der Waals surface area contributed by atoms with Gasteiger partial charge in [-0.05, 0) is 50.3 Å². The van der Waals surface area contributed by atoms with Crippen molar-refractivity contribution in [2.75, 3.05) is 6.61 Å². The first-order valence-electron chi connectivity index (χ1n) is 7.43. The number of benzene rings is 1. The van der Waals surface area contributed by atoms with Crippen LogP contribution >= 0.6 is 0 Å². The Labute approximate surface area is 116 Å². The Morgan fingerprint density at radius 1 is 1.26 bits per heavy atom. The summed E-state index contributed by atoms with van der Waals surface area (Å²) in [5, 5.41) is 3.71. The van der Waals surface area contributed by atoms with E-state index in [-0.39, 0.29) is 0 Å². The van der Waals surface area contributed by atoms with Gasteiger partial charge in [-0.15, -0.1) is 0 Å². The second-order valence-corrected chi connectivity index (χ2v) is 5.29. The van der Waals surface area contributed by atoms with Crippen LogP contribution in [0, 0.1) is 0 Å². The highest BCUT2D eigenvalue weighted by Crippen LogP contribution is 2.20. The van der Waals surface area contributed by atoms with E-state index in [0.717, 1.165) is 25.2 Å². The van der Waals surface area contributed by atoms with Crippen molar-refractivity contribution in [1.82, 2.24) is 5.32 Å². The van der Waals surface area contributed by atoms with Crippen molar-refractivity contribution in [3.8, 4) is 5.75 Å². The van der Waals surface area contributed by atoms with Crippen LogP contribution in [0.4, 0.5) is 0 Å². The van der Waals surface area contributed by atoms with Gasteiger partial charge in [0.05, 0.1) is 6.61 Å². The predicted octanol–water partition coefficient (Wildman–Crippen LogP) is 4.23. The molecule has 0 fully saturated rings. The minimum absolute atomic E-state index is 0.400. The molecule has 0 bridgehead atoms. The molecule has 0 aliphatic heterocycles. The summed E-state index contributed by atoms with van der Waals surface area (Å²) < 4.78 is 5.61. The van der Waals surface area contributed by atoms with Crippen molar-refractivity contribution in [1.29, 1.82) is 0 Å². The largest absolute Gasteiger partial charge is 0.494 e. The van der Waals surface area contributed by atoms with Gasteiger partial charge in [-0.1, -0.05) is 31.2 Å². The zero-order valence-corrected chi connectivity index (χ0v) is 12.1. The molecule has 0 heterocycles. The van der Waals surface area contributed by atoms with Crippen LogP contribution in [0.5, 0.6) is 5.75 Å². The maximum absolute atomic E-state index is 5.61. The van der Waals surface area contributed by atoms with Gasteiger partial charge in [0.2, 0.25) is 0 Å². The molecule has 1 N–H and O–H groups in total. The summed E-state index contributed by atoms with van der Waals surface area (Å²) in [5.74, 6) is 0.971. The third-order valence-electron chi connectivity index (χ3n) is 3.61. The van der Waals surface area contributed by atoms with E-state index >= 15 is 0 Å². The number of hydrogen-bond acceptors (Lipinski definition) is 2. The minimum atomic E-state index is 0.400. The second-order valence-electron chi connectivity index (χ2n) is 5.29. The van der Waals surface area contributed by atoms with Gasteiger partial charge in [0.1, 0.15) is 5.75 Å². The molecule has 2 nitrogen and oxygen atoms in total. The van der Waals surface area contributed by atoms with Crippen molar-refractivity contribution in [3.05, 3.63) is 42.0 Å². The molecule has 104 valence electrons. The Morgan fingerprint density at radius 3 is 2.68 bits per heavy atom. The average Bonchev–Trinajstić information content (AvgIpc) is 2.46. The van der Waals surface area contributed by atoms with Crippen molar-refractivity contribution in [3.63, 3.8) is 0 Å². The number of allylic oxidation sites excluding steroid dienone is 1. The lowest BCUT2D eigenvalue weighted by Crippen LogP contribution is -2.32. The summed E-state index contributed by atoms with van der Waals surface area (Å²) in [6.07, 6.45) is 9.22. The molecule has 1 aromatic carbocycles. The van der Waals surface area contributed by atoms with Crippen molar-refractivity contribution >= 4 is 0 Å². The standard InChI is InChI=1S/C17H25NO/c1-3-13-19-17-11-9-15(10-12-17)14(2)18-16-7-5-4-6-8-16/h4-5,9-12,14,16,18H,3,6-8,13H2,1-2H3. The molecule has 2 unspecified atom stereocenters. The van der Waals surface area contributed by atoms with Gasteiger partial charge < -0.3 is 10.1 Å². The van der Waals surface area contributed by atoms with Crippen molar-refractivity contribution < 1.29 is 4.74 Å². The summed E-state index contributed by atoms with van der Waals surface area (Å²) in [7, 11) is 0. The molecule has 2 heteroatoms. The molecule has 0 aromatic heterocycles. The Hall–Kier alpha value is -1.28. The molecule has 0 radical (unpaired) electrons. The Bertz CT molecular complexity index is 396. The highest BCUT2D eigenvalue weighted by Gasteiger charge is 2.13. The van der Waals surface area contributed by atoms with Gasteiger partial charge in [0, 0.05) is 12.1 Å². The van der Waals surface area contributed by atoms with Gasteiger partial charge >= 0.3 is 0 Å². The number of nitrogens with one attached hydrogen (secondary N) is 1. The highest BCUT2D eigenvalue weighted by atomic mass is 16.5. The fourth-order valence-corrected chi connectivity index (χ4v) is 2.47. The maximum atomic E-state index is 5.61. The normalized spacial score (nSPS) is 20.2. The molecule has 2 rings (SSSR count). The molecular weight excluding hydrogens is 234 g/mol. The molecule has 2 atom stereocenters. The zero-order valence-electron chi connectivity index (χ0n) is 12.1. The van der Waals surface area contributed by atoms with Gasteiger partial charge in [-0.25, -0.2) is 0 Å². The maximum Gasteiger partial charge on any atom is 0.119 e. The first-order chi connectivity index (χ1) is 9.29. The van der Waals surface area contributed by atoms with Gasteiger partial charge in [-0.2, -0.15) is 0 Å². The molecule has 1 aromatic rings. The third-order valence-corrected chi connectivity index (χ3v) is 3.61. The lowest BCUT2D eigenvalue weighted by atomic mass is 9.99. The summed E-state index contributed by atoms with van der Waals surface area (Å²) in [6.45, 7) is 5.15. The molecular formula is C17H25NO. The van der Waals surface area contributed by atoms with Crippen LogP contribution in [0.2, 0.25) is 0 Å². The molecule has 0 saturated carbocycles. The summed E-state index contributed by atoms with van der Waals surface area (Å²) in [4.78, 5) is 0. The van der Waals surface area contributed by atoms with Crippen molar-refractivity contribution in [2.24, 2.45) is 0 Å². The van der Waals surface area contributed by atoms with E-state index < -0.39 is 0 Å². The quantitative estimate of drug-likeness (QED) is 0.772. The zero-order chi connectivity index (χ0) is 13.5. The van der Waals surface area contributed by atoms with Crippen LogP contribution < -0.4 is 10.1 Å². The number of hydrogen-bond donors (Lipinski definition) is 1. The Kier molecular flexibility index (Phi) is 5.46. The van der Waals surface area contributed by atoms with Crippen LogP contribution in [0.15, 0.2) is 36.4 Å². The lowest BCUT2D eigenvalue weighted by Gasteiger charge is -2.24. The SMILES string of the molecule is CCCOc1ccc(C(C)NC2CC=CCC2)cc1. The van der Waals surface area contributed by atoms with Crippen molar-refractivity contribution in [2.45, 2.75) is 51.6 Å². The van der Waals surface area contributed by atoms with E-state index in [1.807, 2.05) is 0 Å². The monoisotopic (exact) mass is 259 g/mol. The second kappa shape index (κ2) is 7.34. The van der Waals surface area contributed by atoms with Crippen LogP contribution in [-0.4, -0.2) is 12.6 Å². The fraction of sp³-hybridized carbons (Fsp3) is 0.529. The van der Waals surface area contributed by atoms with E-state index in [2.05, 4.69) is 55.6 Å².